The molecule has 0 spiro atoms. The van der Waals surface area contributed by atoms with Crippen LogP contribution in [-0.2, 0) is 4.79 Å². The number of esters is 1. The lowest BCUT2D eigenvalue weighted by Gasteiger charge is -2.10. The van der Waals surface area contributed by atoms with Crippen LogP contribution >= 0.6 is 0 Å². The lowest BCUT2D eigenvalue weighted by Crippen LogP contribution is -2.06. The van der Waals surface area contributed by atoms with E-state index >= 15 is 0 Å². The average molecular weight is 194 g/mol. The Kier molecular flexibility index (Phi) is 3.51. The van der Waals surface area contributed by atoms with Crippen LogP contribution in [0.2, 0.25) is 0 Å². The zero-order chi connectivity index (χ0) is 10.6. The van der Waals surface area contributed by atoms with E-state index in [4.69, 9.17) is 9.47 Å². The van der Waals surface area contributed by atoms with Crippen molar-refractivity contribution in [2.45, 2.75) is 26.9 Å². The molecular formula is C11H14O3. The molecule has 1 aromatic carbocycles. The summed E-state index contributed by atoms with van der Waals surface area (Å²) in [5, 5.41) is 0. The summed E-state index contributed by atoms with van der Waals surface area (Å²) in [6.07, 6.45) is 0.113. The van der Waals surface area contributed by atoms with Crippen molar-refractivity contribution in [3.8, 4) is 11.5 Å². The van der Waals surface area contributed by atoms with E-state index in [0.717, 1.165) is 0 Å². The highest BCUT2D eigenvalue weighted by molar-refractivity contribution is 5.69. The van der Waals surface area contributed by atoms with Gasteiger partial charge >= 0.3 is 5.97 Å². The van der Waals surface area contributed by atoms with Crippen molar-refractivity contribution < 1.29 is 14.3 Å². The number of rotatable bonds is 3. The highest BCUT2D eigenvalue weighted by Crippen LogP contribution is 2.20. The number of carbonyl (C=O) groups excluding carboxylic acids is 1. The Morgan fingerprint density at radius 2 is 1.93 bits per heavy atom. The number of ether oxygens (including phenoxy) is 2. The average Bonchev–Trinajstić information content (AvgIpc) is 2.01. The third-order valence-electron chi connectivity index (χ3n) is 1.44. The van der Waals surface area contributed by atoms with Crippen molar-refractivity contribution in [1.82, 2.24) is 0 Å². The van der Waals surface area contributed by atoms with Gasteiger partial charge in [0.1, 0.15) is 11.5 Å². The van der Waals surface area contributed by atoms with E-state index in [2.05, 4.69) is 0 Å². The zero-order valence-corrected chi connectivity index (χ0v) is 8.61. The van der Waals surface area contributed by atoms with Crippen LogP contribution in [-0.4, -0.2) is 12.1 Å². The molecule has 0 fully saturated rings. The number of hydrogen-bond acceptors (Lipinski definition) is 3. The molecule has 0 aromatic heterocycles. The maximum Gasteiger partial charge on any atom is 0.308 e. The Morgan fingerprint density at radius 3 is 2.50 bits per heavy atom. The molecule has 76 valence electrons. The number of carbonyl (C=O) groups is 1. The Morgan fingerprint density at radius 1 is 1.29 bits per heavy atom. The topological polar surface area (TPSA) is 35.5 Å². The minimum atomic E-state index is -0.327. The molecule has 0 aliphatic carbocycles. The maximum atomic E-state index is 10.7. The smallest absolute Gasteiger partial charge is 0.308 e. The van der Waals surface area contributed by atoms with E-state index in [9.17, 15) is 4.79 Å². The summed E-state index contributed by atoms with van der Waals surface area (Å²) >= 11 is 0. The summed E-state index contributed by atoms with van der Waals surface area (Å²) in [4.78, 5) is 10.7. The van der Waals surface area contributed by atoms with Crippen molar-refractivity contribution in [3.63, 3.8) is 0 Å². The van der Waals surface area contributed by atoms with Gasteiger partial charge in [0.15, 0.2) is 0 Å². The molecule has 0 N–H and O–H groups in total. The van der Waals surface area contributed by atoms with Gasteiger partial charge in [0.2, 0.25) is 0 Å². The summed E-state index contributed by atoms with van der Waals surface area (Å²) in [6.45, 7) is 5.26. The first-order valence-electron chi connectivity index (χ1n) is 4.53. The maximum absolute atomic E-state index is 10.7. The van der Waals surface area contributed by atoms with Crippen molar-refractivity contribution >= 4 is 5.97 Å². The molecule has 0 aliphatic rings. The van der Waals surface area contributed by atoms with Gasteiger partial charge < -0.3 is 9.47 Å². The van der Waals surface area contributed by atoms with Gasteiger partial charge in [0, 0.05) is 13.0 Å². The van der Waals surface area contributed by atoms with Gasteiger partial charge in [-0.3, -0.25) is 4.79 Å². The molecule has 1 aromatic rings. The SMILES string of the molecule is CC(=O)Oc1cccc(OC(C)C)c1. The largest absolute Gasteiger partial charge is 0.491 e. The van der Waals surface area contributed by atoms with Crippen LogP contribution in [0.25, 0.3) is 0 Å². The van der Waals surface area contributed by atoms with E-state index in [0.29, 0.717) is 11.5 Å². The van der Waals surface area contributed by atoms with Crippen molar-refractivity contribution in [2.24, 2.45) is 0 Å². The van der Waals surface area contributed by atoms with Gasteiger partial charge in [-0.1, -0.05) is 6.07 Å². The van der Waals surface area contributed by atoms with E-state index in [-0.39, 0.29) is 12.1 Å². The van der Waals surface area contributed by atoms with Crippen LogP contribution in [0.15, 0.2) is 24.3 Å². The van der Waals surface area contributed by atoms with Crippen LogP contribution in [0, 0.1) is 0 Å². The Balaban J connectivity index is 2.73. The standard InChI is InChI=1S/C11H14O3/c1-8(2)13-10-5-4-6-11(7-10)14-9(3)12/h4-8H,1-3H3. The molecule has 1 rings (SSSR count). The highest BCUT2D eigenvalue weighted by atomic mass is 16.5. The van der Waals surface area contributed by atoms with Gasteiger partial charge in [-0.15, -0.1) is 0 Å². The Hall–Kier alpha value is -1.51. The summed E-state index contributed by atoms with van der Waals surface area (Å²) < 4.78 is 10.4. The van der Waals surface area contributed by atoms with E-state index in [1.165, 1.54) is 6.92 Å². The van der Waals surface area contributed by atoms with Gasteiger partial charge in [-0.25, -0.2) is 0 Å². The predicted molar refractivity (Wildman–Crippen MR) is 53.5 cm³/mol. The molecule has 0 bridgehead atoms. The molecule has 3 heteroatoms. The minimum Gasteiger partial charge on any atom is -0.491 e. The van der Waals surface area contributed by atoms with Gasteiger partial charge in [-0.05, 0) is 26.0 Å². The molecule has 0 saturated heterocycles. The molecule has 0 amide bonds. The Labute approximate surface area is 83.6 Å². The predicted octanol–water partition coefficient (Wildman–Crippen LogP) is 2.40. The third kappa shape index (κ3) is 3.47. The molecule has 0 aliphatic heterocycles. The molecule has 0 heterocycles. The van der Waals surface area contributed by atoms with Crippen LogP contribution in [0.3, 0.4) is 0 Å². The summed E-state index contributed by atoms with van der Waals surface area (Å²) in [6, 6.07) is 7.03. The second-order valence-corrected chi connectivity index (χ2v) is 3.24. The molecule has 14 heavy (non-hydrogen) atoms. The fraction of sp³-hybridized carbons (Fsp3) is 0.364. The lowest BCUT2D eigenvalue weighted by molar-refractivity contribution is -0.131. The normalized spacial score (nSPS) is 10.0. The summed E-state index contributed by atoms with van der Waals surface area (Å²) in [7, 11) is 0. The molecular weight excluding hydrogens is 180 g/mol. The first kappa shape index (κ1) is 10.6. The van der Waals surface area contributed by atoms with Gasteiger partial charge in [0.25, 0.3) is 0 Å². The highest BCUT2D eigenvalue weighted by Gasteiger charge is 2.01. The molecule has 0 saturated carbocycles. The van der Waals surface area contributed by atoms with E-state index in [1.54, 1.807) is 18.2 Å². The van der Waals surface area contributed by atoms with Crippen molar-refractivity contribution in [3.05, 3.63) is 24.3 Å². The quantitative estimate of drug-likeness (QED) is 0.547. The number of benzene rings is 1. The van der Waals surface area contributed by atoms with Crippen molar-refractivity contribution in [1.29, 1.82) is 0 Å². The Bertz CT molecular complexity index is 318. The molecule has 0 unspecified atom stereocenters. The molecule has 0 atom stereocenters. The van der Waals surface area contributed by atoms with Gasteiger partial charge in [-0.2, -0.15) is 0 Å². The minimum absolute atomic E-state index is 0.113. The van der Waals surface area contributed by atoms with E-state index < -0.39 is 0 Å². The first-order chi connectivity index (χ1) is 6.58. The fourth-order valence-corrected chi connectivity index (χ4v) is 1.05. The summed E-state index contributed by atoms with van der Waals surface area (Å²) in [5.41, 5.74) is 0. The fourth-order valence-electron chi connectivity index (χ4n) is 1.05. The first-order valence-corrected chi connectivity index (χ1v) is 4.53. The third-order valence-corrected chi connectivity index (χ3v) is 1.44. The second-order valence-electron chi connectivity index (χ2n) is 3.24. The van der Waals surface area contributed by atoms with Crippen LogP contribution < -0.4 is 9.47 Å². The lowest BCUT2D eigenvalue weighted by atomic mass is 10.3. The van der Waals surface area contributed by atoms with Crippen LogP contribution in [0.5, 0.6) is 11.5 Å². The van der Waals surface area contributed by atoms with Crippen LogP contribution in [0.4, 0.5) is 0 Å². The molecule has 0 radical (unpaired) electrons. The monoisotopic (exact) mass is 194 g/mol. The van der Waals surface area contributed by atoms with Crippen molar-refractivity contribution in [2.75, 3.05) is 0 Å². The van der Waals surface area contributed by atoms with Crippen LogP contribution in [0.1, 0.15) is 20.8 Å². The van der Waals surface area contributed by atoms with E-state index in [1.807, 2.05) is 19.9 Å². The zero-order valence-electron chi connectivity index (χ0n) is 8.61. The van der Waals surface area contributed by atoms with Gasteiger partial charge in [0.05, 0.1) is 6.10 Å². The number of hydrogen-bond donors (Lipinski definition) is 0. The second kappa shape index (κ2) is 4.65. The summed E-state index contributed by atoms with van der Waals surface area (Å²) in [5.74, 6) is 0.890. The molecule has 3 nitrogen and oxygen atoms in total.